The number of fused-ring (bicyclic) bond motifs is 1. The van der Waals surface area contributed by atoms with E-state index in [1.165, 1.54) is 0 Å². The van der Waals surface area contributed by atoms with E-state index < -0.39 is 11.4 Å². The Morgan fingerprint density at radius 1 is 1.26 bits per heavy atom. The summed E-state index contributed by atoms with van der Waals surface area (Å²) in [5.74, 6) is -0.189. The lowest BCUT2D eigenvalue weighted by Crippen LogP contribution is -2.42. The van der Waals surface area contributed by atoms with Crippen molar-refractivity contribution in [2.45, 2.75) is 44.7 Å². The normalized spacial score (nSPS) is 17.3. The largest absolute Gasteiger partial charge is 0.497 e. The molecule has 0 atom stereocenters. The lowest BCUT2D eigenvalue weighted by molar-refractivity contribution is -0.135. The summed E-state index contributed by atoms with van der Waals surface area (Å²) in [5, 5.41) is 13.7. The molecule has 1 fully saturated rings. The Bertz CT molecular complexity index is 897. The molecular formula is C20H23N3O4. The molecule has 2 aliphatic rings. The van der Waals surface area contributed by atoms with Gasteiger partial charge in [-0.1, -0.05) is 12.1 Å². The van der Waals surface area contributed by atoms with Crippen LogP contribution in [-0.4, -0.2) is 45.3 Å². The lowest BCUT2D eigenvalue weighted by atomic mass is 9.92. The summed E-state index contributed by atoms with van der Waals surface area (Å²) in [6.45, 7) is 3.47. The van der Waals surface area contributed by atoms with Gasteiger partial charge in [-0.2, -0.15) is 5.10 Å². The van der Waals surface area contributed by atoms with Gasteiger partial charge in [-0.25, -0.2) is 4.79 Å². The molecule has 1 N–H and O–H groups in total. The number of aromatic nitrogens is 2. The van der Waals surface area contributed by atoms with Gasteiger partial charge < -0.3 is 14.7 Å². The van der Waals surface area contributed by atoms with Gasteiger partial charge in [-0.15, -0.1) is 0 Å². The van der Waals surface area contributed by atoms with Gasteiger partial charge in [0.05, 0.1) is 12.5 Å². The third-order valence-corrected chi connectivity index (χ3v) is 5.73. The number of hydrogen-bond donors (Lipinski definition) is 1. The first-order valence-electron chi connectivity index (χ1n) is 9.26. The van der Waals surface area contributed by atoms with Gasteiger partial charge in [0.2, 0.25) is 5.91 Å². The van der Waals surface area contributed by atoms with Crippen molar-refractivity contribution < 1.29 is 19.4 Å². The van der Waals surface area contributed by atoms with Crippen molar-refractivity contribution in [3.8, 4) is 5.75 Å². The number of carbonyl (C=O) groups is 2. The molecule has 27 heavy (non-hydrogen) atoms. The van der Waals surface area contributed by atoms with E-state index in [-0.39, 0.29) is 11.6 Å². The number of rotatable bonds is 5. The van der Waals surface area contributed by atoms with Crippen molar-refractivity contribution in [3.05, 3.63) is 46.8 Å². The number of carboxylic acid groups (broad SMARTS) is 1. The number of hydrogen-bond acceptors (Lipinski definition) is 4. The molecule has 7 nitrogen and oxygen atoms in total. The average Bonchev–Trinajstić information content (AvgIpc) is 3.42. The maximum absolute atomic E-state index is 13.3. The molecule has 1 aromatic heterocycles. The van der Waals surface area contributed by atoms with Gasteiger partial charge in [0, 0.05) is 37.3 Å². The molecule has 1 aromatic carbocycles. The van der Waals surface area contributed by atoms with E-state index in [4.69, 9.17) is 4.74 Å². The zero-order chi connectivity index (χ0) is 19.2. The number of ether oxygens (including phenoxy) is 1. The molecule has 0 radical (unpaired) electrons. The molecule has 1 aliphatic heterocycles. The Hall–Kier alpha value is -2.83. The summed E-state index contributed by atoms with van der Waals surface area (Å²) >= 11 is 0. The monoisotopic (exact) mass is 369 g/mol. The van der Waals surface area contributed by atoms with Gasteiger partial charge in [0.15, 0.2) is 5.69 Å². The molecule has 0 saturated heterocycles. The van der Waals surface area contributed by atoms with Crippen LogP contribution in [0.25, 0.3) is 0 Å². The van der Waals surface area contributed by atoms with Crippen molar-refractivity contribution >= 4 is 11.9 Å². The summed E-state index contributed by atoms with van der Waals surface area (Å²) in [6, 6.07) is 7.67. The van der Waals surface area contributed by atoms with Crippen LogP contribution in [-0.2, 0) is 29.7 Å². The van der Waals surface area contributed by atoms with E-state index in [0.29, 0.717) is 31.6 Å². The maximum Gasteiger partial charge on any atom is 0.356 e. The Balaban J connectivity index is 1.61. The zero-order valence-electron chi connectivity index (χ0n) is 15.6. The molecule has 4 rings (SSSR count). The van der Waals surface area contributed by atoms with E-state index in [0.717, 1.165) is 29.8 Å². The number of aryl methyl sites for hydroxylation is 1. The molecule has 1 amide bonds. The summed E-state index contributed by atoms with van der Waals surface area (Å²) in [6.07, 6.45) is 2.27. The van der Waals surface area contributed by atoms with Crippen molar-refractivity contribution in [1.82, 2.24) is 14.7 Å². The van der Waals surface area contributed by atoms with Crippen molar-refractivity contribution in [3.63, 3.8) is 0 Å². The quantitative estimate of drug-likeness (QED) is 0.874. The first kappa shape index (κ1) is 17.6. The van der Waals surface area contributed by atoms with Crippen molar-refractivity contribution in [1.29, 1.82) is 0 Å². The first-order valence-corrected chi connectivity index (χ1v) is 9.26. The van der Waals surface area contributed by atoms with Gasteiger partial charge in [-0.05, 0) is 37.5 Å². The smallest absolute Gasteiger partial charge is 0.356 e. The maximum atomic E-state index is 13.3. The second-order valence-corrected chi connectivity index (χ2v) is 7.18. The Morgan fingerprint density at radius 3 is 2.52 bits per heavy atom. The van der Waals surface area contributed by atoms with Crippen molar-refractivity contribution in [2.75, 3.05) is 13.7 Å². The number of benzene rings is 1. The molecule has 0 bridgehead atoms. The highest BCUT2D eigenvalue weighted by Gasteiger charge is 2.53. The van der Waals surface area contributed by atoms with Gasteiger partial charge in [0.1, 0.15) is 5.75 Å². The third-order valence-electron chi connectivity index (χ3n) is 5.73. The Kier molecular flexibility index (Phi) is 4.17. The SMILES string of the molecule is CCn1nc(C(=O)O)c2c1CCN(C(=O)C1(c3ccc(OC)cc3)CC1)C2. The van der Waals surface area contributed by atoms with E-state index >= 15 is 0 Å². The summed E-state index contributed by atoms with van der Waals surface area (Å²) in [5.41, 5.74) is 2.21. The van der Waals surface area contributed by atoms with Crippen LogP contribution in [0.5, 0.6) is 5.75 Å². The van der Waals surface area contributed by atoms with E-state index in [2.05, 4.69) is 5.10 Å². The fourth-order valence-corrected chi connectivity index (χ4v) is 4.06. The van der Waals surface area contributed by atoms with Crippen molar-refractivity contribution in [2.24, 2.45) is 0 Å². The molecule has 2 aromatic rings. The summed E-state index contributed by atoms with van der Waals surface area (Å²) < 4.78 is 6.95. The number of carbonyl (C=O) groups excluding carboxylic acids is 1. The Labute approximate surface area is 157 Å². The number of aromatic carboxylic acids is 1. The molecule has 1 aliphatic carbocycles. The van der Waals surface area contributed by atoms with Crippen LogP contribution in [0.2, 0.25) is 0 Å². The number of carboxylic acids is 1. The highest BCUT2D eigenvalue weighted by molar-refractivity contribution is 5.92. The summed E-state index contributed by atoms with van der Waals surface area (Å²) in [4.78, 5) is 26.7. The summed E-state index contributed by atoms with van der Waals surface area (Å²) in [7, 11) is 1.62. The zero-order valence-corrected chi connectivity index (χ0v) is 15.6. The minimum Gasteiger partial charge on any atom is -0.497 e. The van der Waals surface area contributed by atoms with Crippen LogP contribution in [0.3, 0.4) is 0 Å². The van der Waals surface area contributed by atoms with E-state index in [1.807, 2.05) is 31.2 Å². The Morgan fingerprint density at radius 2 is 1.96 bits per heavy atom. The molecule has 142 valence electrons. The second-order valence-electron chi connectivity index (χ2n) is 7.18. The molecular weight excluding hydrogens is 346 g/mol. The fourth-order valence-electron chi connectivity index (χ4n) is 4.06. The molecule has 1 saturated carbocycles. The second kappa shape index (κ2) is 6.40. The van der Waals surface area contributed by atoms with Crippen LogP contribution in [0.1, 0.15) is 47.1 Å². The number of nitrogens with zero attached hydrogens (tertiary/aromatic N) is 3. The number of methoxy groups -OCH3 is 1. The molecule has 0 spiro atoms. The minimum absolute atomic E-state index is 0.0682. The number of amides is 1. The van der Waals surface area contributed by atoms with Crippen LogP contribution >= 0.6 is 0 Å². The first-order chi connectivity index (χ1) is 13.0. The molecule has 7 heteroatoms. The highest BCUT2D eigenvalue weighted by atomic mass is 16.5. The predicted molar refractivity (Wildman–Crippen MR) is 97.9 cm³/mol. The predicted octanol–water partition coefficient (Wildman–Crippen LogP) is 2.23. The molecule has 2 heterocycles. The highest BCUT2D eigenvalue weighted by Crippen LogP contribution is 2.50. The van der Waals surface area contributed by atoms with Gasteiger partial charge in [0.25, 0.3) is 0 Å². The van der Waals surface area contributed by atoms with E-state index in [9.17, 15) is 14.7 Å². The van der Waals surface area contributed by atoms with Gasteiger partial charge in [-0.3, -0.25) is 9.48 Å². The van der Waals surface area contributed by atoms with Crippen LogP contribution in [0, 0.1) is 0 Å². The standard InChI is InChI=1S/C20H23N3O4/c1-3-23-16-8-11-22(12-15(16)17(21-23)18(24)25)19(26)20(9-10-20)13-4-6-14(27-2)7-5-13/h4-7H,3,8-12H2,1-2H3,(H,24,25). The lowest BCUT2D eigenvalue weighted by Gasteiger charge is -2.31. The van der Waals surface area contributed by atoms with Crippen LogP contribution in [0.15, 0.2) is 24.3 Å². The minimum atomic E-state index is -1.04. The van der Waals surface area contributed by atoms with Crippen LogP contribution < -0.4 is 4.74 Å². The van der Waals surface area contributed by atoms with Gasteiger partial charge >= 0.3 is 5.97 Å². The van der Waals surface area contributed by atoms with Crippen LogP contribution in [0.4, 0.5) is 0 Å². The average molecular weight is 369 g/mol. The third kappa shape index (κ3) is 2.78. The topological polar surface area (TPSA) is 84.7 Å². The molecule has 0 unspecified atom stereocenters. The van der Waals surface area contributed by atoms with E-state index in [1.54, 1.807) is 16.7 Å². The fraction of sp³-hybridized carbons (Fsp3) is 0.450.